The summed E-state index contributed by atoms with van der Waals surface area (Å²) in [5.41, 5.74) is -0.0822. The van der Waals surface area contributed by atoms with Crippen LogP contribution in [0.4, 0.5) is 0 Å². The van der Waals surface area contributed by atoms with Crippen molar-refractivity contribution in [3.63, 3.8) is 0 Å². The molecular weight excluding hydrogens is 276 g/mol. The highest BCUT2D eigenvalue weighted by Gasteiger charge is 2.22. The van der Waals surface area contributed by atoms with Crippen molar-refractivity contribution in [2.24, 2.45) is 0 Å². The molecule has 1 aromatic rings. The lowest BCUT2D eigenvalue weighted by Crippen LogP contribution is -2.27. The topological polar surface area (TPSA) is 93.1 Å². The van der Waals surface area contributed by atoms with Crippen LogP contribution in [0.1, 0.15) is 43.5 Å². The molecule has 6 heteroatoms. The fraction of sp³-hybridized carbons (Fsp3) is 0.467. The van der Waals surface area contributed by atoms with E-state index in [0.29, 0.717) is 25.2 Å². The molecule has 0 aliphatic rings. The van der Waals surface area contributed by atoms with Crippen molar-refractivity contribution in [1.82, 2.24) is 0 Å². The zero-order valence-corrected chi connectivity index (χ0v) is 12.2. The van der Waals surface area contributed by atoms with Gasteiger partial charge in [-0.3, -0.25) is 0 Å². The number of ether oxygens (including phenoxy) is 2. The number of carboxylic acid groups (broad SMARTS) is 2. The van der Waals surface area contributed by atoms with Crippen molar-refractivity contribution in [2.75, 3.05) is 6.61 Å². The van der Waals surface area contributed by atoms with Gasteiger partial charge in [0.25, 0.3) is 0 Å². The second-order valence-corrected chi connectivity index (χ2v) is 4.54. The maximum atomic E-state index is 11.2. The summed E-state index contributed by atoms with van der Waals surface area (Å²) in [7, 11) is 0. The van der Waals surface area contributed by atoms with Gasteiger partial charge in [-0.25, -0.2) is 9.59 Å². The number of aliphatic carboxylic acids is 1. The molecule has 0 aliphatic carbocycles. The van der Waals surface area contributed by atoms with Gasteiger partial charge in [0.2, 0.25) is 0 Å². The Morgan fingerprint density at radius 1 is 1.19 bits per heavy atom. The molecule has 0 saturated carbocycles. The predicted octanol–water partition coefficient (Wildman–Crippen LogP) is 2.81. The molecule has 0 bridgehead atoms. The van der Waals surface area contributed by atoms with E-state index in [4.69, 9.17) is 19.7 Å². The number of carboxylic acids is 2. The maximum Gasteiger partial charge on any atom is 0.344 e. The van der Waals surface area contributed by atoms with Crippen LogP contribution in [0.15, 0.2) is 18.2 Å². The summed E-state index contributed by atoms with van der Waals surface area (Å²) in [5, 5.41) is 18.2. The zero-order chi connectivity index (χ0) is 15.8. The molecule has 0 aliphatic heterocycles. The molecule has 2 N–H and O–H groups in total. The van der Waals surface area contributed by atoms with Crippen molar-refractivity contribution < 1.29 is 29.3 Å². The lowest BCUT2D eigenvalue weighted by Gasteiger charge is -2.17. The van der Waals surface area contributed by atoms with Crippen molar-refractivity contribution in [1.29, 1.82) is 0 Å². The summed E-state index contributed by atoms with van der Waals surface area (Å²) >= 11 is 0. The predicted molar refractivity (Wildman–Crippen MR) is 76.1 cm³/mol. The normalized spacial score (nSPS) is 11.7. The molecule has 1 atom stereocenters. The second kappa shape index (κ2) is 8.14. The van der Waals surface area contributed by atoms with E-state index >= 15 is 0 Å². The first-order chi connectivity index (χ1) is 9.99. The fourth-order valence-electron chi connectivity index (χ4n) is 1.73. The second-order valence-electron chi connectivity index (χ2n) is 4.54. The monoisotopic (exact) mass is 296 g/mol. The third-order valence-electron chi connectivity index (χ3n) is 2.75. The third kappa shape index (κ3) is 4.98. The van der Waals surface area contributed by atoms with Crippen LogP contribution in [-0.4, -0.2) is 34.9 Å². The van der Waals surface area contributed by atoms with Crippen LogP contribution in [0.5, 0.6) is 11.5 Å². The molecule has 116 valence electrons. The molecule has 1 rings (SSSR count). The molecule has 0 heterocycles. The molecule has 1 aromatic carbocycles. The number of benzene rings is 1. The van der Waals surface area contributed by atoms with E-state index in [1.165, 1.54) is 18.2 Å². The maximum absolute atomic E-state index is 11.2. The highest BCUT2D eigenvalue weighted by molar-refractivity contribution is 5.91. The Morgan fingerprint density at radius 2 is 1.90 bits per heavy atom. The summed E-state index contributed by atoms with van der Waals surface area (Å²) in [6, 6.07) is 4.31. The molecule has 0 radical (unpaired) electrons. The van der Waals surface area contributed by atoms with Gasteiger partial charge >= 0.3 is 11.9 Å². The van der Waals surface area contributed by atoms with E-state index in [1.54, 1.807) is 0 Å². The Bertz CT molecular complexity index is 497. The van der Waals surface area contributed by atoms with Crippen molar-refractivity contribution in [2.45, 2.75) is 39.2 Å². The molecule has 0 spiro atoms. The van der Waals surface area contributed by atoms with E-state index in [9.17, 15) is 9.59 Å². The Labute approximate surface area is 123 Å². The standard InChI is InChI=1S/C15H20O6/c1-3-5-12(15(18)19)21-13-9-10(20-8-4-2)6-7-11(13)14(16)17/h6-7,9,12H,3-5,8H2,1-2H3,(H,16,17)(H,18,19). The fourth-order valence-corrected chi connectivity index (χ4v) is 1.73. The van der Waals surface area contributed by atoms with Crippen LogP contribution >= 0.6 is 0 Å². The highest BCUT2D eigenvalue weighted by atomic mass is 16.5. The number of carbonyl (C=O) groups is 2. The summed E-state index contributed by atoms with van der Waals surface area (Å²) in [6.07, 6.45) is 0.652. The third-order valence-corrected chi connectivity index (χ3v) is 2.75. The van der Waals surface area contributed by atoms with E-state index in [2.05, 4.69) is 0 Å². The Morgan fingerprint density at radius 3 is 2.43 bits per heavy atom. The quantitative estimate of drug-likeness (QED) is 0.728. The number of hydrogen-bond donors (Lipinski definition) is 2. The first-order valence-electron chi connectivity index (χ1n) is 6.89. The van der Waals surface area contributed by atoms with Gasteiger partial charge in [0.1, 0.15) is 17.1 Å². The van der Waals surface area contributed by atoms with Crippen LogP contribution in [0.25, 0.3) is 0 Å². The van der Waals surface area contributed by atoms with Crippen LogP contribution < -0.4 is 9.47 Å². The largest absolute Gasteiger partial charge is 0.493 e. The van der Waals surface area contributed by atoms with Gasteiger partial charge in [0.05, 0.1) is 6.61 Å². The van der Waals surface area contributed by atoms with Crippen molar-refractivity contribution in [3.8, 4) is 11.5 Å². The SMILES string of the molecule is CCCOc1ccc(C(=O)O)c(OC(CCC)C(=O)O)c1. The van der Waals surface area contributed by atoms with Crippen LogP contribution in [0.2, 0.25) is 0 Å². The smallest absolute Gasteiger partial charge is 0.344 e. The van der Waals surface area contributed by atoms with E-state index < -0.39 is 18.0 Å². The van der Waals surface area contributed by atoms with E-state index in [1.807, 2.05) is 13.8 Å². The van der Waals surface area contributed by atoms with Gasteiger partial charge in [-0.1, -0.05) is 20.3 Å². The number of rotatable bonds is 9. The van der Waals surface area contributed by atoms with Gasteiger partial charge in [-0.05, 0) is 25.0 Å². The van der Waals surface area contributed by atoms with Crippen LogP contribution in [-0.2, 0) is 4.79 Å². The van der Waals surface area contributed by atoms with Gasteiger partial charge in [-0.15, -0.1) is 0 Å². The van der Waals surface area contributed by atoms with Gasteiger partial charge in [0.15, 0.2) is 6.10 Å². The van der Waals surface area contributed by atoms with Gasteiger partial charge in [0, 0.05) is 6.07 Å². The number of hydrogen-bond acceptors (Lipinski definition) is 4. The average molecular weight is 296 g/mol. The molecule has 1 unspecified atom stereocenters. The van der Waals surface area contributed by atoms with Gasteiger partial charge in [-0.2, -0.15) is 0 Å². The van der Waals surface area contributed by atoms with Crippen molar-refractivity contribution in [3.05, 3.63) is 23.8 Å². The van der Waals surface area contributed by atoms with Gasteiger partial charge < -0.3 is 19.7 Å². The Hall–Kier alpha value is -2.24. The average Bonchev–Trinajstić information content (AvgIpc) is 2.44. The van der Waals surface area contributed by atoms with Crippen LogP contribution in [0, 0.1) is 0 Å². The summed E-state index contributed by atoms with van der Waals surface area (Å²) in [5.74, 6) is -1.82. The molecule has 6 nitrogen and oxygen atoms in total. The van der Waals surface area contributed by atoms with Crippen LogP contribution in [0.3, 0.4) is 0 Å². The lowest BCUT2D eigenvalue weighted by atomic mass is 10.1. The molecule has 21 heavy (non-hydrogen) atoms. The summed E-state index contributed by atoms with van der Waals surface area (Å²) in [4.78, 5) is 22.3. The van der Waals surface area contributed by atoms with E-state index in [-0.39, 0.29) is 11.3 Å². The molecule has 0 fully saturated rings. The zero-order valence-electron chi connectivity index (χ0n) is 12.2. The Balaban J connectivity index is 3.04. The minimum Gasteiger partial charge on any atom is -0.493 e. The first-order valence-corrected chi connectivity index (χ1v) is 6.89. The molecule has 0 aromatic heterocycles. The molecule has 0 amide bonds. The molecule has 0 saturated heterocycles. The Kier molecular flexibility index (Phi) is 6.52. The summed E-state index contributed by atoms with van der Waals surface area (Å²) in [6.45, 7) is 4.27. The minimum atomic E-state index is -1.17. The van der Waals surface area contributed by atoms with Crippen molar-refractivity contribution >= 4 is 11.9 Å². The number of aromatic carboxylic acids is 1. The summed E-state index contributed by atoms with van der Waals surface area (Å²) < 4.78 is 10.8. The lowest BCUT2D eigenvalue weighted by molar-refractivity contribution is -0.145. The van der Waals surface area contributed by atoms with E-state index in [0.717, 1.165) is 6.42 Å². The minimum absolute atomic E-state index is 0.0111. The molecular formula is C15H20O6. The highest BCUT2D eigenvalue weighted by Crippen LogP contribution is 2.27. The first kappa shape index (κ1) is 16.8.